The Morgan fingerprint density at radius 3 is 2.20 bits per heavy atom. The molecule has 1 aliphatic carbocycles. The van der Waals surface area contributed by atoms with Gasteiger partial charge in [0, 0.05) is 0 Å². The van der Waals surface area contributed by atoms with Crippen LogP contribution < -0.4 is 4.74 Å². The molecule has 0 spiro atoms. The van der Waals surface area contributed by atoms with Gasteiger partial charge in [-0.1, -0.05) is 12.5 Å². The average molecular weight is 208 g/mol. The van der Waals surface area contributed by atoms with Crippen molar-refractivity contribution in [2.75, 3.05) is 0 Å². The zero-order valence-electron chi connectivity index (χ0n) is 8.65. The highest BCUT2D eigenvalue weighted by atomic mass is 16.5. The predicted octanol–water partition coefficient (Wildman–Crippen LogP) is 2.81. The van der Waals surface area contributed by atoms with Crippen LogP contribution >= 0.6 is 0 Å². The van der Waals surface area contributed by atoms with Crippen LogP contribution in [0.3, 0.4) is 0 Å². The smallest absolute Gasteiger partial charge is 0.203 e. The first kappa shape index (κ1) is 10.1. The Morgan fingerprint density at radius 1 is 1.00 bits per heavy atom. The minimum absolute atomic E-state index is 0.0144. The molecule has 3 nitrogen and oxygen atoms in total. The Hall–Kier alpha value is -1.38. The van der Waals surface area contributed by atoms with Crippen LogP contribution in [0.25, 0.3) is 0 Å². The molecular formula is C12H16O3. The number of aromatic hydroxyl groups is 2. The number of rotatable bonds is 2. The number of phenolic OH excluding ortho intramolecular Hbond substituents is 2. The van der Waals surface area contributed by atoms with Gasteiger partial charge in [-0.3, -0.25) is 0 Å². The van der Waals surface area contributed by atoms with Gasteiger partial charge in [-0.15, -0.1) is 0 Å². The Morgan fingerprint density at radius 2 is 1.60 bits per heavy atom. The number of phenols is 2. The van der Waals surface area contributed by atoms with Crippen LogP contribution in [0.1, 0.15) is 32.1 Å². The molecular weight excluding hydrogens is 192 g/mol. The highest BCUT2D eigenvalue weighted by Gasteiger charge is 2.18. The Labute approximate surface area is 89.3 Å². The van der Waals surface area contributed by atoms with Crippen LogP contribution in [0.15, 0.2) is 18.2 Å². The van der Waals surface area contributed by atoms with Gasteiger partial charge < -0.3 is 14.9 Å². The summed E-state index contributed by atoms with van der Waals surface area (Å²) < 4.78 is 5.62. The van der Waals surface area contributed by atoms with Crippen molar-refractivity contribution in [2.45, 2.75) is 38.2 Å². The van der Waals surface area contributed by atoms with Gasteiger partial charge in [0.2, 0.25) is 5.75 Å². The highest BCUT2D eigenvalue weighted by Crippen LogP contribution is 2.37. The fraction of sp³-hybridized carbons (Fsp3) is 0.500. The van der Waals surface area contributed by atoms with E-state index in [0.717, 1.165) is 12.8 Å². The van der Waals surface area contributed by atoms with E-state index >= 15 is 0 Å². The molecule has 0 atom stereocenters. The van der Waals surface area contributed by atoms with Crippen LogP contribution in [-0.2, 0) is 0 Å². The lowest BCUT2D eigenvalue weighted by molar-refractivity contribution is 0.145. The summed E-state index contributed by atoms with van der Waals surface area (Å²) in [6, 6.07) is 4.65. The third-order valence-corrected chi connectivity index (χ3v) is 2.81. The van der Waals surface area contributed by atoms with E-state index in [1.165, 1.54) is 31.4 Å². The van der Waals surface area contributed by atoms with Gasteiger partial charge in [-0.2, -0.15) is 0 Å². The predicted molar refractivity (Wildman–Crippen MR) is 57.3 cm³/mol. The summed E-state index contributed by atoms with van der Waals surface area (Å²) in [6.07, 6.45) is 5.74. The molecule has 2 rings (SSSR count). The van der Waals surface area contributed by atoms with Gasteiger partial charge in [0.1, 0.15) is 0 Å². The molecule has 0 amide bonds. The summed E-state index contributed by atoms with van der Waals surface area (Å²) in [6.45, 7) is 0. The first-order chi connectivity index (χ1) is 7.27. The van der Waals surface area contributed by atoms with Crippen molar-refractivity contribution in [2.24, 2.45) is 0 Å². The summed E-state index contributed by atoms with van der Waals surface area (Å²) >= 11 is 0. The molecule has 1 aromatic rings. The molecule has 0 radical (unpaired) electrons. The monoisotopic (exact) mass is 208 g/mol. The summed E-state index contributed by atoms with van der Waals surface area (Å²) in [4.78, 5) is 0. The van der Waals surface area contributed by atoms with E-state index < -0.39 is 0 Å². The van der Waals surface area contributed by atoms with Crippen molar-refractivity contribution in [3.8, 4) is 17.2 Å². The van der Waals surface area contributed by atoms with Gasteiger partial charge in [-0.25, -0.2) is 0 Å². The van der Waals surface area contributed by atoms with E-state index in [1.54, 1.807) is 6.07 Å². The van der Waals surface area contributed by atoms with Crippen molar-refractivity contribution in [1.29, 1.82) is 0 Å². The molecule has 1 aliphatic rings. The molecule has 1 fully saturated rings. The summed E-state index contributed by atoms with van der Waals surface area (Å²) in [5.74, 6) is 0.255. The quantitative estimate of drug-likeness (QED) is 0.785. The summed E-state index contributed by atoms with van der Waals surface area (Å²) in [7, 11) is 0. The number of benzene rings is 1. The maximum absolute atomic E-state index is 9.54. The van der Waals surface area contributed by atoms with E-state index in [0.29, 0.717) is 0 Å². The molecule has 1 aromatic carbocycles. The van der Waals surface area contributed by atoms with Crippen LogP contribution in [0.2, 0.25) is 0 Å². The number of hydrogen-bond donors (Lipinski definition) is 2. The standard InChI is InChI=1S/C12H16O3/c13-10-7-4-8-11(14)12(10)15-9-5-2-1-3-6-9/h4,7-9,13-14H,1-3,5-6H2. The lowest BCUT2D eigenvalue weighted by Crippen LogP contribution is -2.19. The Bertz CT molecular complexity index is 309. The molecule has 0 bridgehead atoms. The summed E-state index contributed by atoms with van der Waals surface area (Å²) in [5.41, 5.74) is 0. The van der Waals surface area contributed by atoms with Crippen molar-refractivity contribution in [3.63, 3.8) is 0 Å². The largest absolute Gasteiger partial charge is 0.504 e. The fourth-order valence-corrected chi connectivity index (χ4v) is 1.98. The first-order valence-electron chi connectivity index (χ1n) is 5.45. The zero-order valence-corrected chi connectivity index (χ0v) is 8.65. The lowest BCUT2D eigenvalue weighted by Gasteiger charge is -2.23. The Balaban J connectivity index is 2.09. The van der Waals surface area contributed by atoms with Crippen LogP contribution in [-0.4, -0.2) is 16.3 Å². The van der Waals surface area contributed by atoms with E-state index in [2.05, 4.69) is 0 Å². The minimum Gasteiger partial charge on any atom is -0.504 e. The number of ether oxygens (including phenoxy) is 1. The summed E-state index contributed by atoms with van der Waals surface area (Å²) in [5, 5.41) is 19.1. The van der Waals surface area contributed by atoms with Gasteiger partial charge in [0.15, 0.2) is 11.5 Å². The minimum atomic E-state index is 0.0144. The third-order valence-electron chi connectivity index (χ3n) is 2.81. The lowest BCUT2D eigenvalue weighted by atomic mass is 9.98. The number of hydrogen-bond acceptors (Lipinski definition) is 3. The number of para-hydroxylation sites is 1. The molecule has 0 aliphatic heterocycles. The molecule has 0 heterocycles. The topological polar surface area (TPSA) is 49.7 Å². The normalized spacial score (nSPS) is 17.6. The maximum atomic E-state index is 9.54. The molecule has 0 aromatic heterocycles. The van der Waals surface area contributed by atoms with Crippen LogP contribution in [0.4, 0.5) is 0 Å². The molecule has 1 saturated carbocycles. The van der Waals surface area contributed by atoms with Crippen molar-refractivity contribution >= 4 is 0 Å². The molecule has 3 heteroatoms. The van der Waals surface area contributed by atoms with Crippen LogP contribution in [0.5, 0.6) is 17.2 Å². The maximum Gasteiger partial charge on any atom is 0.203 e. The molecule has 2 N–H and O–H groups in total. The molecule has 82 valence electrons. The van der Waals surface area contributed by atoms with Gasteiger partial charge in [0.05, 0.1) is 6.10 Å². The van der Waals surface area contributed by atoms with Crippen molar-refractivity contribution in [1.82, 2.24) is 0 Å². The van der Waals surface area contributed by atoms with E-state index in [4.69, 9.17) is 4.74 Å². The third kappa shape index (κ3) is 2.35. The average Bonchev–Trinajstić information content (AvgIpc) is 2.25. The van der Waals surface area contributed by atoms with Crippen molar-refractivity contribution < 1.29 is 14.9 Å². The van der Waals surface area contributed by atoms with Crippen molar-refractivity contribution in [3.05, 3.63) is 18.2 Å². The zero-order chi connectivity index (χ0) is 10.7. The molecule has 0 unspecified atom stereocenters. The highest BCUT2D eigenvalue weighted by molar-refractivity contribution is 5.49. The second kappa shape index (κ2) is 4.43. The van der Waals surface area contributed by atoms with E-state index in [9.17, 15) is 10.2 Å². The SMILES string of the molecule is Oc1cccc(O)c1OC1CCCCC1. The van der Waals surface area contributed by atoms with Gasteiger partial charge in [0.25, 0.3) is 0 Å². The first-order valence-corrected chi connectivity index (χ1v) is 5.45. The van der Waals surface area contributed by atoms with Crippen LogP contribution in [0, 0.1) is 0 Å². The molecule has 0 saturated heterocycles. The van der Waals surface area contributed by atoms with Gasteiger partial charge >= 0.3 is 0 Å². The van der Waals surface area contributed by atoms with Gasteiger partial charge in [-0.05, 0) is 37.8 Å². The second-order valence-electron chi connectivity index (χ2n) is 4.00. The second-order valence-corrected chi connectivity index (χ2v) is 4.00. The Kier molecular flexibility index (Phi) is 2.99. The molecule has 15 heavy (non-hydrogen) atoms. The van der Waals surface area contributed by atoms with E-state index in [1.807, 2.05) is 0 Å². The fourth-order valence-electron chi connectivity index (χ4n) is 1.98. The van der Waals surface area contributed by atoms with E-state index in [-0.39, 0.29) is 23.4 Å².